The SMILES string of the molecule is Cc1nc2ccc(CC(=O)NC3CCCCC3)cc2[nH]1. The van der Waals surface area contributed by atoms with Crippen molar-refractivity contribution in [1.82, 2.24) is 15.3 Å². The third-order valence-corrected chi connectivity index (χ3v) is 4.00. The van der Waals surface area contributed by atoms with E-state index in [1.165, 1.54) is 19.3 Å². The molecule has 3 rings (SSSR count). The number of hydrogen-bond acceptors (Lipinski definition) is 2. The molecule has 0 saturated heterocycles. The number of carbonyl (C=O) groups is 1. The lowest BCUT2D eigenvalue weighted by Crippen LogP contribution is -2.37. The summed E-state index contributed by atoms with van der Waals surface area (Å²) < 4.78 is 0. The van der Waals surface area contributed by atoms with E-state index in [2.05, 4.69) is 15.3 Å². The van der Waals surface area contributed by atoms with Crippen LogP contribution in [0.4, 0.5) is 0 Å². The average Bonchev–Trinajstić information content (AvgIpc) is 2.79. The number of aromatic nitrogens is 2. The molecule has 0 bridgehead atoms. The van der Waals surface area contributed by atoms with Crippen LogP contribution in [0.25, 0.3) is 11.0 Å². The number of aromatic amines is 1. The summed E-state index contributed by atoms with van der Waals surface area (Å²) in [6.45, 7) is 1.94. The predicted molar refractivity (Wildman–Crippen MR) is 79.6 cm³/mol. The van der Waals surface area contributed by atoms with Crippen LogP contribution in [0.15, 0.2) is 18.2 Å². The smallest absolute Gasteiger partial charge is 0.224 e. The van der Waals surface area contributed by atoms with Crippen LogP contribution in [0.3, 0.4) is 0 Å². The summed E-state index contributed by atoms with van der Waals surface area (Å²) in [4.78, 5) is 19.7. The normalized spacial score (nSPS) is 16.4. The minimum atomic E-state index is 0.132. The van der Waals surface area contributed by atoms with Crippen LogP contribution in [-0.4, -0.2) is 21.9 Å². The number of fused-ring (bicyclic) bond motifs is 1. The molecule has 1 fully saturated rings. The predicted octanol–water partition coefficient (Wildman–Crippen LogP) is 2.86. The number of amides is 1. The van der Waals surface area contributed by atoms with E-state index in [0.717, 1.165) is 35.3 Å². The van der Waals surface area contributed by atoms with Gasteiger partial charge in [-0.05, 0) is 37.5 Å². The van der Waals surface area contributed by atoms with Gasteiger partial charge < -0.3 is 10.3 Å². The third kappa shape index (κ3) is 3.00. The first-order valence-electron chi connectivity index (χ1n) is 7.45. The highest BCUT2D eigenvalue weighted by molar-refractivity contribution is 5.81. The number of carbonyl (C=O) groups excluding carboxylic acids is 1. The molecule has 4 nitrogen and oxygen atoms in total. The van der Waals surface area contributed by atoms with Crippen LogP contribution in [0.1, 0.15) is 43.5 Å². The van der Waals surface area contributed by atoms with Crippen molar-refractivity contribution >= 4 is 16.9 Å². The number of benzene rings is 1. The molecule has 0 atom stereocenters. The summed E-state index contributed by atoms with van der Waals surface area (Å²) in [6.07, 6.45) is 6.50. The van der Waals surface area contributed by atoms with Gasteiger partial charge in [0.2, 0.25) is 5.91 Å². The molecule has 0 unspecified atom stereocenters. The number of H-pyrrole nitrogens is 1. The van der Waals surface area contributed by atoms with E-state index < -0.39 is 0 Å². The molecule has 2 aromatic rings. The lowest BCUT2D eigenvalue weighted by molar-refractivity contribution is -0.121. The average molecular weight is 271 g/mol. The summed E-state index contributed by atoms with van der Waals surface area (Å²) in [7, 11) is 0. The lowest BCUT2D eigenvalue weighted by atomic mass is 9.95. The van der Waals surface area contributed by atoms with Crippen molar-refractivity contribution < 1.29 is 4.79 Å². The fourth-order valence-electron chi connectivity index (χ4n) is 3.01. The first-order valence-corrected chi connectivity index (χ1v) is 7.45. The van der Waals surface area contributed by atoms with Crippen molar-refractivity contribution in [3.8, 4) is 0 Å². The minimum Gasteiger partial charge on any atom is -0.353 e. The molecule has 1 aromatic carbocycles. The van der Waals surface area contributed by atoms with Gasteiger partial charge in [-0.1, -0.05) is 25.3 Å². The number of nitrogens with one attached hydrogen (secondary N) is 2. The van der Waals surface area contributed by atoms with Crippen molar-refractivity contribution in [2.45, 2.75) is 51.5 Å². The summed E-state index contributed by atoms with van der Waals surface area (Å²) in [6, 6.07) is 6.37. The lowest BCUT2D eigenvalue weighted by Gasteiger charge is -2.22. The number of hydrogen-bond donors (Lipinski definition) is 2. The molecule has 1 aliphatic rings. The Bertz CT molecular complexity index is 611. The maximum atomic E-state index is 12.1. The van der Waals surface area contributed by atoms with Crippen LogP contribution in [0, 0.1) is 6.92 Å². The van der Waals surface area contributed by atoms with Gasteiger partial charge in [0.05, 0.1) is 17.5 Å². The van der Waals surface area contributed by atoms with E-state index in [4.69, 9.17) is 0 Å². The molecule has 0 spiro atoms. The minimum absolute atomic E-state index is 0.132. The van der Waals surface area contributed by atoms with Gasteiger partial charge in [-0.25, -0.2) is 4.98 Å². The molecular weight excluding hydrogens is 250 g/mol. The van der Waals surface area contributed by atoms with Gasteiger partial charge in [0.25, 0.3) is 0 Å². The van der Waals surface area contributed by atoms with E-state index in [1.54, 1.807) is 0 Å². The van der Waals surface area contributed by atoms with Crippen molar-refractivity contribution in [3.05, 3.63) is 29.6 Å². The highest BCUT2D eigenvalue weighted by Crippen LogP contribution is 2.18. The Morgan fingerprint density at radius 2 is 2.15 bits per heavy atom. The van der Waals surface area contributed by atoms with Crippen LogP contribution < -0.4 is 5.32 Å². The molecule has 2 N–H and O–H groups in total. The second-order valence-corrected chi connectivity index (χ2v) is 5.75. The van der Waals surface area contributed by atoms with Crippen LogP contribution >= 0.6 is 0 Å². The zero-order valence-electron chi connectivity index (χ0n) is 11.9. The Balaban J connectivity index is 1.64. The molecule has 20 heavy (non-hydrogen) atoms. The Labute approximate surface area is 119 Å². The van der Waals surface area contributed by atoms with E-state index in [1.807, 2.05) is 25.1 Å². The Morgan fingerprint density at radius 1 is 1.35 bits per heavy atom. The van der Waals surface area contributed by atoms with Crippen LogP contribution in [0.2, 0.25) is 0 Å². The molecule has 106 valence electrons. The topological polar surface area (TPSA) is 57.8 Å². The summed E-state index contributed by atoms with van der Waals surface area (Å²) in [5.41, 5.74) is 3.00. The first kappa shape index (κ1) is 13.2. The zero-order chi connectivity index (χ0) is 13.9. The highest BCUT2D eigenvalue weighted by Gasteiger charge is 2.15. The second-order valence-electron chi connectivity index (χ2n) is 5.75. The standard InChI is InChI=1S/C16H21N3O/c1-11-17-14-8-7-12(9-15(14)18-11)10-16(20)19-13-5-3-2-4-6-13/h7-9,13H,2-6,10H2,1H3,(H,17,18)(H,19,20). The van der Waals surface area contributed by atoms with Gasteiger partial charge >= 0.3 is 0 Å². The maximum absolute atomic E-state index is 12.1. The van der Waals surface area contributed by atoms with Gasteiger partial charge in [0.1, 0.15) is 5.82 Å². The van der Waals surface area contributed by atoms with E-state index in [0.29, 0.717) is 12.5 Å². The van der Waals surface area contributed by atoms with E-state index in [9.17, 15) is 4.79 Å². The van der Waals surface area contributed by atoms with Gasteiger partial charge in [-0.2, -0.15) is 0 Å². The number of nitrogens with zero attached hydrogens (tertiary/aromatic N) is 1. The number of imidazole rings is 1. The quantitative estimate of drug-likeness (QED) is 0.902. The van der Waals surface area contributed by atoms with Gasteiger partial charge in [0, 0.05) is 6.04 Å². The fraction of sp³-hybridized carbons (Fsp3) is 0.500. The molecular formula is C16H21N3O. The van der Waals surface area contributed by atoms with Crippen molar-refractivity contribution in [2.75, 3.05) is 0 Å². The van der Waals surface area contributed by atoms with Crippen LogP contribution in [0.5, 0.6) is 0 Å². The summed E-state index contributed by atoms with van der Waals surface area (Å²) >= 11 is 0. The van der Waals surface area contributed by atoms with Gasteiger partial charge in [-0.3, -0.25) is 4.79 Å². The molecule has 0 radical (unpaired) electrons. The zero-order valence-corrected chi connectivity index (χ0v) is 11.9. The molecule has 1 aromatic heterocycles. The Morgan fingerprint density at radius 3 is 2.95 bits per heavy atom. The van der Waals surface area contributed by atoms with Crippen molar-refractivity contribution in [2.24, 2.45) is 0 Å². The third-order valence-electron chi connectivity index (χ3n) is 4.00. The molecule has 1 aliphatic carbocycles. The Kier molecular flexibility index (Phi) is 3.72. The van der Waals surface area contributed by atoms with E-state index in [-0.39, 0.29) is 5.91 Å². The molecule has 4 heteroatoms. The van der Waals surface area contributed by atoms with Crippen molar-refractivity contribution in [1.29, 1.82) is 0 Å². The molecule has 1 saturated carbocycles. The van der Waals surface area contributed by atoms with Gasteiger partial charge in [0.15, 0.2) is 0 Å². The largest absolute Gasteiger partial charge is 0.353 e. The Hall–Kier alpha value is -1.84. The van der Waals surface area contributed by atoms with E-state index >= 15 is 0 Å². The molecule has 1 amide bonds. The van der Waals surface area contributed by atoms with Crippen molar-refractivity contribution in [3.63, 3.8) is 0 Å². The fourth-order valence-corrected chi connectivity index (χ4v) is 3.01. The molecule has 1 heterocycles. The number of rotatable bonds is 3. The molecule has 0 aliphatic heterocycles. The summed E-state index contributed by atoms with van der Waals surface area (Å²) in [5, 5.41) is 3.16. The summed E-state index contributed by atoms with van der Waals surface area (Å²) in [5.74, 6) is 1.04. The highest BCUT2D eigenvalue weighted by atomic mass is 16.1. The van der Waals surface area contributed by atoms with Crippen LogP contribution in [-0.2, 0) is 11.2 Å². The van der Waals surface area contributed by atoms with Gasteiger partial charge in [-0.15, -0.1) is 0 Å². The second kappa shape index (κ2) is 5.65. The first-order chi connectivity index (χ1) is 9.70. The number of aryl methyl sites for hydroxylation is 1. The monoisotopic (exact) mass is 271 g/mol. The maximum Gasteiger partial charge on any atom is 0.224 e.